The third-order valence-electron chi connectivity index (χ3n) is 5.09. The fraction of sp³-hybridized carbons (Fsp3) is 1.00. The fourth-order valence-corrected chi connectivity index (χ4v) is 3.96. The van der Waals surface area contributed by atoms with Crippen molar-refractivity contribution in [2.45, 2.75) is 70.0 Å². The zero-order valence-electron chi connectivity index (χ0n) is 11.4. The van der Waals surface area contributed by atoms with Crippen LogP contribution >= 0.6 is 0 Å². The van der Waals surface area contributed by atoms with Crippen LogP contribution in [0.4, 0.5) is 13.2 Å². The monoisotopic (exact) mass is 278 g/mol. The summed E-state index contributed by atoms with van der Waals surface area (Å²) in [4.78, 5) is 0. The van der Waals surface area contributed by atoms with E-state index >= 15 is 0 Å². The molecule has 0 radical (unpaired) electrons. The molecule has 0 saturated heterocycles. The maximum absolute atomic E-state index is 12.7. The Kier molecular flexibility index (Phi) is 5.12. The van der Waals surface area contributed by atoms with Gasteiger partial charge in [-0.05, 0) is 50.4 Å². The Balaban J connectivity index is 1.87. The lowest BCUT2D eigenvalue weighted by Crippen LogP contribution is -2.48. The molecule has 0 amide bonds. The van der Waals surface area contributed by atoms with Crippen LogP contribution < -0.4 is 11.3 Å². The predicted molar refractivity (Wildman–Crippen MR) is 69.2 cm³/mol. The summed E-state index contributed by atoms with van der Waals surface area (Å²) in [7, 11) is 0. The van der Waals surface area contributed by atoms with Gasteiger partial charge in [0.2, 0.25) is 0 Å². The zero-order valence-corrected chi connectivity index (χ0v) is 11.4. The van der Waals surface area contributed by atoms with Gasteiger partial charge in [-0.3, -0.25) is 11.3 Å². The molecule has 2 aliphatic rings. The van der Waals surface area contributed by atoms with Gasteiger partial charge in [-0.15, -0.1) is 0 Å². The largest absolute Gasteiger partial charge is 0.391 e. The third-order valence-corrected chi connectivity index (χ3v) is 5.09. The normalized spacial score (nSPS) is 32.2. The second-order valence-corrected chi connectivity index (χ2v) is 6.24. The smallest absolute Gasteiger partial charge is 0.271 e. The molecule has 0 aromatic heterocycles. The molecule has 1 atom stereocenters. The van der Waals surface area contributed by atoms with Crippen LogP contribution in [-0.4, -0.2) is 12.2 Å². The van der Waals surface area contributed by atoms with Crippen LogP contribution in [0.15, 0.2) is 0 Å². The summed E-state index contributed by atoms with van der Waals surface area (Å²) in [6, 6.07) is 0.217. The molecule has 0 aromatic carbocycles. The van der Waals surface area contributed by atoms with E-state index in [4.69, 9.17) is 5.84 Å². The van der Waals surface area contributed by atoms with E-state index in [-0.39, 0.29) is 18.9 Å². The van der Waals surface area contributed by atoms with E-state index in [0.29, 0.717) is 24.7 Å². The van der Waals surface area contributed by atoms with Crippen molar-refractivity contribution in [2.75, 3.05) is 0 Å². The first kappa shape index (κ1) is 15.1. The van der Waals surface area contributed by atoms with Crippen molar-refractivity contribution in [3.05, 3.63) is 0 Å². The summed E-state index contributed by atoms with van der Waals surface area (Å²) >= 11 is 0. The summed E-state index contributed by atoms with van der Waals surface area (Å²) in [5.41, 5.74) is 2.91. The van der Waals surface area contributed by atoms with Crippen LogP contribution in [0.5, 0.6) is 0 Å². The Hall–Kier alpha value is -0.290. The minimum atomic E-state index is -4.01. The first-order valence-electron chi connectivity index (χ1n) is 7.55. The minimum absolute atomic E-state index is 0.217. The first-order valence-corrected chi connectivity index (χ1v) is 7.55. The number of halogens is 3. The van der Waals surface area contributed by atoms with E-state index in [2.05, 4.69) is 5.43 Å². The molecule has 0 aromatic rings. The van der Waals surface area contributed by atoms with Gasteiger partial charge in [-0.1, -0.05) is 19.3 Å². The molecular weight excluding hydrogens is 253 g/mol. The van der Waals surface area contributed by atoms with Gasteiger partial charge >= 0.3 is 6.18 Å². The summed E-state index contributed by atoms with van der Waals surface area (Å²) in [5, 5.41) is 0. The molecule has 2 saturated carbocycles. The van der Waals surface area contributed by atoms with Crippen molar-refractivity contribution in [3.8, 4) is 0 Å². The lowest BCUT2D eigenvalue weighted by molar-refractivity contribution is -0.184. The van der Waals surface area contributed by atoms with Crippen LogP contribution in [0.3, 0.4) is 0 Å². The zero-order chi connectivity index (χ0) is 13.9. The SMILES string of the molecule is NNC(C1CCCCC1)C1CCC(C(F)(F)F)CC1. The summed E-state index contributed by atoms with van der Waals surface area (Å²) in [6.07, 6.45) is 3.98. The Morgan fingerprint density at radius 2 is 1.37 bits per heavy atom. The first-order chi connectivity index (χ1) is 9.02. The molecule has 2 aliphatic carbocycles. The average Bonchev–Trinajstić information content (AvgIpc) is 2.40. The lowest BCUT2D eigenvalue weighted by atomic mass is 9.72. The van der Waals surface area contributed by atoms with Crippen molar-refractivity contribution in [2.24, 2.45) is 23.6 Å². The minimum Gasteiger partial charge on any atom is -0.271 e. The number of nitrogens with two attached hydrogens (primary N) is 1. The summed E-state index contributed by atoms with van der Waals surface area (Å²) in [6.45, 7) is 0. The molecule has 5 heteroatoms. The van der Waals surface area contributed by atoms with Gasteiger partial charge in [0.05, 0.1) is 5.92 Å². The van der Waals surface area contributed by atoms with Crippen molar-refractivity contribution < 1.29 is 13.2 Å². The number of hydrogen-bond donors (Lipinski definition) is 2. The second kappa shape index (κ2) is 6.44. The van der Waals surface area contributed by atoms with Crippen LogP contribution in [0, 0.1) is 17.8 Å². The van der Waals surface area contributed by atoms with E-state index in [0.717, 1.165) is 0 Å². The van der Waals surface area contributed by atoms with E-state index in [1.54, 1.807) is 0 Å². The topological polar surface area (TPSA) is 38.0 Å². The highest BCUT2D eigenvalue weighted by molar-refractivity contribution is 4.88. The maximum atomic E-state index is 12.7. The highest BCUT2D eigenvalue weighted by Gasteiger charge is 2.43. The van der Waals surface area contributed by atoms with Crippen LogP contribution in [0.1, 0.15) is 57.8 Å². The molecule has 3 N–H and O–H groups in total. The molecule has 19 heavy (non-hydrogen) atoms. The van der Waals surface area contributed by atoms with Crippen molar-refractivity contribution >= 4 is 0 Å². The van der Waals surface area contributed by atoms with Gasteiger partial charge in [-0.25, -0.2) is 0 Å². The number of rotatable bonds is 3. The standard InChI is InChI=1S/C14H25F3N2/c15-14(16,17)12-8-6-11(7-9-12)13(19-18)10-4-2-1-3-5-10/h10-13,19H,1-9,18H2. The summed E-state index contributed by atoms with van der Waals surface area (Å²) in [5.74, 6) is 5.48. The molecule has 1 unspecified atom stereocenters. The van der Waals surface area contributed by atoms with E-state index in [1.807, 2.05) is 0 Å². The van der Waals surface area contributed by atoms with Crippen LogP contribution in [-0.2, 0) is 0 Å². The Morgan fingerprint density at radius 3 is 1.84 bits per heavy atom. The highest BCUT2D eigenvalue weighted by Crippen LogP contribution is 2.42. The number of hydrogen-bond acceptors (Lipinski definition) is 2. The Morgan fingerprint density at radius 1 is 0.842 bits per heavy atom. The van der Waals surface area contributed by atoms with Gasteiger partial charge in [0, 0.05) is 6.04 Å². The van der Waals surface area contributed by atoms with Crippen LogP contribution in [0.2, 0.25) is 0 Å². The molecule has 0 bridgehead atoms. The molecule has 0 spiro atoms. The molecule has 0 heterocycles. The Labute approximate surface area is 113 Å². The predicted octanol–water partition coefficient (Wildman–Crippen LogP) is 3.77. The quantitative estimate of drug-likeness (QED) is 0.609. The molecule has 112 valence electrons. The van der Waals surface area contributed by atoms with E-state index < -0.39 is 12.1 Å². The number of alkyl halides is 3. The second-order valence-electron chi connectivity index (χ2n) is 6.24. The molecule has 2 nitrogen and oxygen atoms in total. The van der Waals surface area contributed by atoms with Crippen molar-refractivity contribution in [1.82, 2.24) is 5.43 Å². The average molecular weight is 278 g/mol. The van der Waals surface area contributed by atoms with Crippen LogP contribution in [0.25, 0.3) is 0 Å². The van der Waals surface area contributed by atoms with Crippen molar-refractivity contribution in [3.63, 3.8) is 0 Å². The van der Waals surface area contributed by atoms with Gasteiger partial charge < -0.3 is 0 Å². The molecule has 2 rings (SSSR count). The van der Waals surface area contributed by atoms with E-state index in [9.17, 15) is 13.2 Å². The van der Waals surface area contributed by atoms with Gasteiger partial charge in [0.25, 0.3) is 0 Å². The van der Waals surface area contributed by atoms with Gasteiger partial charge in [0.15, 0.2) is 0 Å². The Bertz CT molecular complexity index is 266. The maximum Gasteiger partial charge on any atom is 0.391 e. The fourth-order valence-electron chi connectivity index (χ4n) is 3.96. The van der Waals surface area contributed by atoms with E-state index in [1.165, 1.54) is 32.1 Å². The lowest BCUT2D eigenvalue weighted by Gasteiger charge is -2.39. The number of nitrogens with one attached hydrogen (secondary N) is 1. The molecular formula is C14H25F3N2. The van der Waals surface area contributed by atoms with Gasteiger partial charge in [-0.2, -0.15) is 13.2 Å². The summed E-state index contributed by atoms with van der Waals surface area (Å²) < 4.78 is 38.0. The van der Waals surface area contributed by atoms with Crippen molar-refractivity contribution in [1.29, 1.82) is 0 Å². The highest BCUT2D eigenvalue weighted by atomic mass is 19.4. The third kappa shape index (κ3) is 3.85. The van der Waals surface area contributed by atoms with Gasteiger partial charge in [0.1, 0.15) is 0 Å². The number of hydrazine groups is 1. The molecule has 0 aliphatic heterocycles. The molecule has 2 fully saturated rings.